The van der Waals surface area contributed by atoms with Gasteiger partial charge in [-0.3, -0.25) is 0 Å². The van der Waals surface area contributed by atoms with Gasteiger partial charge in [0.2, 0.25) is 0 Å². The Morgan fingerprint density at radius 3 is 2.52 bits per heavy atom. The summed E-state index contributed by atoms with van der Waals surface area (Å²) in [6.07, 6.45) is 4.07. The molecular weight excluding hydrogens is 264 g/mol. The molecule has 0 saturated carbocycles. The Kier molecular flexibility index (Phi) is 5.97. The second-order valence-electron chi connectivity index (χ2n) is 4.93. The van der Waals surface area contributed by atoms with Gasteiger partial charge < -0.3 is 16.2 Å². The lowest BCUT2D eigenvalue weighted by Crippen LogP contribution is -2.06. The second-order valence-corrected chi connectivity index (χ2v) is 4.93. The van der Waals surface area contributed by atoms with Crippen LogP contribution in [0, 0.1) is 0 Å². The number of benzene rings is 1. The molecule has 1 aromatic carbocycles. The minimum atomic E-state index is 0.274. The number of hydrogen-bond donors (Lipinski definition) is 3. The molecule has 0 atom stereocenters. The fraction of sp³-hybridized carbons (Fsp3) is 0.375. The van der Waals surface area contributed by atoms with Crippen LogP contribution in [0.4, 0.5) is 11.6 Å². The van der Waals surface area contributed by atoms with Crippen molar-refractivity contribution >= 4 is 11.6 Å². The number of unbranched alkanes of at least 4 members (excludes halogenated alkanes) is 3. The Morgan fingerprint density at radius 2 is 1.76 bits per heavy atom. The SMILES string of the molecule is Nc1cc(NCCCCCCO)nc(-c2ccccc2)n1. The van der Waals surface area contributed by atoms with Gasteiger partial charge >= 0.3 is 0 Å². The van der Waals surface area contributed by atoms with Gasteiger partial charge in [-0.15, -0.1) is 0 Å². The molecular formula is C16H22N4O. The summed E-state index contributed by atoms with van der Waals surface area (Å²) in [5.74, 6) is 1.86. The summed E-state index contributed by atoms with van der Waals surface area (Å²) in [7, 11) is 0. The van der Waals surface area contributed by atoms with Crippen LogP contribution in [0.5, 0.6) is 0 Å². The van der Waals surface area contributed by atoms with Crippen LogP contribution in [-0.2, 0) is 0 Å². The molecule has 0 spiro atoms. The molecule has 0 aliphatic heterocycles. The minimum Gasteiger partial charge on any atom is -0.396 e. The van der Waals surface area contributed by atoms with Gasteiger partial charge in [0.05, 0.1) is 0 Å². The van der Waals surface area contributed by atoms with E-state index in [-0.39, 0.29) is 6.61 Å². The molecule has 0 fully saturated rings. The zero-order valence-electron chi connectivity index (χ0n) is 12.1. The second kappa shape index (κ2) is 8.21. The van der Waals surface area contributed by atoms with E-state index in [4.69, 9.17) is 10.8 Å². The van der Waals surface area contributed by atoms with Crippen molar-refractivity contribution in [1.82, 2.24) is 9.97 Å². The molecule has 0 aliphatic rings. The number of aliphatic hydroxyl groups is 1. The Morgan fingerprint density at radius 1 is 1.00 bits per heavy atom. The van der Waals surface area contributed by atoms with Gasteiger partial charge in [-0.25, -0.2) is 9.97 Å². The molecule has 112 valence electrons. The van der Waals surface area contributed by atoms with Crippen molar-refractivity contribution in [3.8, 4) is 11.4 Å². The van der Waals surface area contributed by atoms with E-state index in [0.717, 1.165) is 43.6 Å². The maximum atomic E-state index is 8.72. The van der Waals surface area contributed by atoms with Gasteiger partial charge in [0.25, 0.3) is 0 Å². The number of nitrogens with zero attached hydrogens (tertiary/aromatic N) is 2. The fourth-order valence-corrected chi connectivity index (χ4v) is 2.08. The van der Waals surface area contributed by atoms with Crippen LogP contribution in [0.1, 0.15) is 25.7 Å². The smallest absolute Gasteiger partial charge is 0.163 e. The van der Waals surface area contributed by atoms with Crippen molar-refractivity contribution in [3.63, 3.8) is 0 Å². The molecule has 0 saturated heterocycles. The molecule has 4 N–H and O–H groups in total. The van der Waals surface area contributed by atoms with Gasteiger partial charge in [0.1, 0.15) is 11.6 Å². The largest absolute Gasteiger partial charge is 0.396 e. The molecule has 1 aromatic heterocycles. The monoisotopic (exact) mass is 286 g/mol. The highest BCUT2D eigenvalue weighted by atomic mass is 16.2. The Labute approximate surface area is 125 Å². The lowest BCUT2D eigenvalue weighted by Gasteiger charge is -2.08. The van der Waals surface area contributed by atoms with Crippen molar-refractivity contribution in [2.45, 2.75) is 25.7 Å². The van der Waals surface area contributed by atoms with Gasteiger partial charge in [0, 0.05) is 24.8 Å². The summed E-state index contributed by atoms with van der Waals surface area (Å²) >= 11 is 0. The quantitative estimate of drug-likeness (QED) is 0.650. The standard InChI is InChI=1S/C16H22N4O/c17-14-12-15(18-10-6-1-2-7-11-21)20-16(19-14)13-8-4-3-5-9-13/h3-5,8-9,12,21H,1-2,6-7,10-11H2,(H3,17,18,19,20). The average Bonchev–Trinajstić information content (AvgIpc) is 2.51. The Balaban J connectivity index is 1.93. The summed E-state index contributed by atoms with van der Waals surface area (Å²) in [6, 6.07) is 11.6. The zero-order valence-corrected chi connectivity index (χ0v) is 12.1. The van der Waals surface area contributed by atoms with Crippen molar-refractivity contribution in [2.24, 2.45) is 0 Å². The maximum Gasteiger partial charge on any atom is 0.163 e. The Bertz CT molecular complexity index is 545. The molecule has 0 aliphatic carbocycles. The topological polar surface area (TPSA) is 84.1 Å². The van der Waals surface area contributed by atoms with E-state index >= 15 is 0 Å². The number of aliphatic hydroxyl groups excluding tert-OH is 1. The molecule has 1 heterocycles. The number of rotatable bonds is 8. The van der Waals surface area contributed by atoms with Crippen LogP contribution < -0.4 is 11.1 Å². The summed E-state index contributed by atoms with van der Waals surface area (Å²) in [5, 5.41) is 12.0. The number of anilines is 2. The number of nitrogen functional groups attached to an aromatic ring is 1. The number of nitrogens with two attached hydrogens (primary N) is 1. The zero-order chi connectivity index (χ0) is 14.9. The van der Waals surface area contributed by atoms with E-state index in [1.165, 1.54) is 0 Å². The van der Waals surface area contributed by atoms with E-state index in [2.05, 4.69) is 15.3 Å². The summed E-state index contributed by atoms with van der Waals surface area (Å²) in [4.78, 5) is 8.77. The fourth-order valence-electron chi connectivity index (χ4n) is 2.08. The van der Waals surface area contributed by atoms with Gasteiger partial charge in [-0.2, -0.15) is 0 Å². The van der Waals surface area contributed by atoms with E-state index in [1.807, 2.05) is 30.3 Å². The highest BCUT2D eigenvalue weighted by Crippen LogP contribution is 2.18. The third-order valence-corrected chi connectivity index (χ3v) is 3.17. The lowest BCUT2D eigenvalue weighted by atomic mass is 10.2. The average molecular weight is 286 g/mol. The van der Waals surface area contributed by atoms with Crippen molar-refractivity contribution < 1.29 is 5.11 Å². The molecule has 0 radical (unpaired) electrons. The first kappa shape index (κ1) is 15.3. The molecule has 0 unspecified atom stereocenters. The van der Waals surface area contributed by atoms with Crippen LogP contribution in [0.3, 0.4) is 0 Å². The van der Waals surface area contributed by atoms with Gasteiger partial charge in [-0.1, -0.05) is 43.2 Å². The van der Waals surface area contributed by atoms with Gasteiger partial charge in [0.15, 0.2) is 5.82 Å². The summed E-state index contributed by atoms with van der Waals surface area (Å²) in [6.45, 7) is 1.12. The molecule has 0 amide bonds. The third-order valence-electron chi connectivity index (χ3n) is 3.17. The van der Waals surface area contributed by atoms with E-state index < -0.39 is 0 Å². The van der Waals surface area contributed by atoms with Crippen LogP contribution >= 0.6 is 0 Å². The first-order valence-corrected chi connectivity index (χ1v) is 7.34. The maximum absolute atomic E-state index is 8.72. The highest BCUT2D eigenvalue weighted by Gasteiger charge is 2.04. The highest BCUT2D eigenvalue weighted by molar-refractivity contribution is 5.60. The normalized spacial score (nSPS) is 10.5. The number of aromatic nitrogens is 2. The van der Waals surface area contributed by atoms with Crippen LogP contribution in [0.25, 0.3) is 11.4 Å². The summed E-state index contributed by atoms with van der Waals surface area (Å²) < 4.78 is 0. The third kappa shape index (κ3) is 5.04. The van der Waals surface area contributed by atoms with Crippen LogP contribution in [0.15, 0.2) is 36.4 Å². The molecule has 21 heavy (non-hydrogen) atoms. The van der Waals surface area contributed by atoms with Crippen molar-refractivity contribution in [1.29, 1.82) is 0 Å². The molecule has 2 aromatic rings. The molecule has 5 heteroatoms. The minimum absolute atomic E-state index is 0.274. The van der Waals surface area contributed by atoms with E-state index in [9.17, 15) is 0 Å². The molecule has 0 bridgehead atoms. The number of nitrogens with one attached hydrogen (secondary N) is 1. The summed E-state index contributed by atoms with van der Waals surface area (Å²) in [5.41, 5.74) is 6.80. The predicted octanol–water partition coefficient (Wildman–Crippen LogP) is 2.69. The molecule has 5 nitrogen and oxygen atoms in total. The first-order chi connectivity index (χ1) is 10.3. The van der Waals surface area contributed by atoms with E-state index in [1.54, 1.807) is 6.07 Å². The first-order valence-electron chi connectivity index (χ1n) is 7.34. The van der Waals surface area contributed by atoms with Crippen LogP contribution in [0.2, 0.25) is 0 Å². The van der Waals surface area contributed by atoms with Gasteiger partial charge in [-0.05, 0) is 12.8 Å². The lowest BCUT2D eigenvalue weighted by molar-refractivity contribution is 0.283. The Hall–Kier alpha value is -2.14. The number of hydrogen-bond acceptors (Lipinski definition) is 5. The van der Waals surface area contributed by atoms with Crippen LogP contribution in [-0.4, -0.2) is 28.2 Å². The molecule has 2 rings (SSSR count). The van der Waals surface area contributed by atoms with Crippen molar-refractivity contribution in [3.05, 3.63) is 36.4 Å². The van der Waals surface area contributed by atoms with E-state index in [0.29, 0.717) is 11.6 Å². The predicted molar refractivity (Wildman–Crippen MR) is 85.9 cm³/mol. The van der Waals surface area contributed by atoms with Crippen molar-refractivity contribution in [2.75, 3.05) is 24.2 Å².